The molecular formula is C21H30N4O. The van der Waals surface area contributed by atoms with Gasteiger partial charge in [-0.1, -0.05) is 18.2 Å². The van der Waals surface area contributed by atoms with Gasteiger partial charge in [0.05, 0.1) is 18.5 Å². The highest BCUT2D eigenvalue weighted by Crippen LogP contribution is 2.41. The van der Waals surface area contributed by atoms with E-state index in [9.17, 15) is 5.11 Å². The van der Waals surface area contributed by atoms with Crippen molar-refractivity contribution in [2.75, 3.05) is 33.3 Å². The molecule has 0 aliphatic carbocycles. The molecule has 2 aliphatic rings. The van der Waals surface area contributed by atoms with Crippen LogP contribution in [0.2, 0.25) is 0 Å². The minimum absolute atomic E-state index is 0.106. The van der Waals surface area contributed by atoms with Crippen molar-refractivity contribution in [3.05, 3.63) is 47.8 Å². The summed E-state index contributed by atoms with van der Waals surface area (Å²) in [7, 11) is 2.22. The Hall–Kier alpha value is -1.69. The molecule has 2 atom stereocenters. The second-order valence-electron chi connectivity index (χ2n) is 8.19. The van der Waals surface area contributed by atoms with Crippen molar-refractivity contribution >= 4 is 0 Å². The number of hydrogen-bond donors (Lipinski definition) is 1. The van der Waals surface area contributed by atoms with Gasteiger partial charge >= 0.3 is 0 Å². The Morgan fingerprint density at radius 3 is 2.88 bits per heavy atom. The number of benzene rings is 1. The van der Waals surface area contributed by atoms with E-state index in [1.807, 2.05) is 10.9 Å². The van der Waals surface area contributed by atoms with Crippen LogP contribution < -0.4 is 0 Å². The second kappa shape index (κ2) is 7.14. The number of rotatable bonds is 4. The summed E-state index contributed by atoms with van der Waals surface area (Å²) in [5, 5.41) is 14.6. The van der Waals surface area contributed by atoms with E-state index >= 15 is 0 Å². The Balaban J connectivity index is 1.47. The lowest BCUT2D eigenvalue weighted by molar-refractivity contribution is -0.0684. The molecule has 5 nitrogen and oxygen atoms in total. The molecule has 5 heteroatoms. The van der Waals surface area contributed by atoms with E-state index in [2.05, 4.69) is 59.3 Å². The molecule has 0 amide bonds. The van der Waals surface area contributed by atoms with E-state index in [1.165, 1.54) is 17.5 Å². The highest BCUT2D eigenvalue weighted by molar-refractivity contribution is 5.39. The van der Waals surface area contributed by atoms with Crippen LogP contribution in [0.4, 0.5) is 0 Å². The van der Waals surface area contributed by atoms with Crippen molar-refractivity contribution in [2.24, 2.45) is 5.41 Å². The number of aliphatic hydroxyl groups is 1. The van der Waals surface area contributed by atoms with Crippen LogP contribution in [0.25, 0.3) is 5.69 Å². The number of aryl methyl sites for hydroxylation is 1. The average Bonchev–Trinajstić information content (AvgIpc) is 3.11. The second-order valence-corrected chi connectivity index (χ2v) is 8.19. The first-order valence-corrected chi connectivity index (χ1v) is 9.74. The fourth-order valence-electron chi connectivity index (χ4n) is 4.87. The Morgan fingerprint density at radius 1 is 1.23 bits per heavy atom. The lowest BCUT2D eigenvalue weighted by Gasteiger charge is -2.53. The fourth-order valence-corrected chi connectivity index (χ4v) is 4.87. The highest BCUT2D eigenvalue weighted by Gasteiger charge is 2.46. The average molecular weight is 354 g/mol. The van der Waals surface area contributed by atoms with E-state index in [1.54, 1.807) is 0 Å². The van der Waals surface area contributed by atoms with Gasteiger partial charge in [-0.25, -0.2) is 4.68 Å². The summed E-state index contributed by atoms with van der Waals surface area (Å²) in [6.07, 6.45) is 7.60. The Bertz CT molecular complexity index is 758. The van der Waals surface area contributed by atoms with Crippen molar-refractivity contribution in [1.82, 2.24) is 19.6 Å². The van der Waals surface area contributed by atoms with Crippen molar-refractivity contribution in [3.63, 3.8) is 0 Å². The summed E-state index contributed by atoms with van der Waals surface area (Å²) in [4.78, 5) is 4.99. The third kappa shape index (κ3) is 3.20. The molecule has 140 valence electrons. The lowest BCUT2D eigenvalue weighted by atomic mass is 9.69. The standard InChI is InChI=1S/C21H30N4O/c1-17-6-3-4-7-19(17)25-14-18(12-22-25)13-24-11-9-21(16-26)8-5-10-23(2)20(21)15-24/h3-4,6-7,12,14,20,26H,5,8-11,13,15-16H2,1-2H3/t20-,21-/m1/s1. The lowest BCUT2D eigenvalue weighted by Crippen LogP contribution is -2.61. The van der Waals surface area contributed by atoms with Crippen LogP contribution >= 0.6 is 0 Å². The van der Waals surface area contributed by atoms with Crippen molar-refractivity contribution in [3.8, 4) is 5.69 Å². The maximum atomic E-state index is 10.1. The predicted molar refractivity (Wildman–Crippen MR) is 103 cm³/mol. The van der Waals surface area contributed by atoms with Gasteiger partial charge in [0.25, 0.3) is 0 Å². The third-order valence-corrected chi connectivity index (χ3v) is 6.50. The van der Waals surface area contributed by atoms with Crippen molar-refractivity contribution in [1.29, 1.82) is 0 Å². The Labute approximate surface area is 156 Å². The minimum Gasteiger partial charge on any atom is -0.396 e. The number of aromatic nitrogens is 2. The predicted octanol–water partition coefficient (Wildman–Crippen LogP) is 2.46. The van der Waals surface area contributed by atoms with Crippen LogP contribution in [0, 0.1) is 12.3 Å². The number of hydrogen-bond acceptors (Lipinski definition) is 4. The summed E-state index contributed by atoms with van der Waals surface area (Å²) in [6.45, 7) is 6.60. The molecule has 0 unspecified atom stereocenters. The van der Waals surface area contributed by atoms with Crippen LogP contribution in [0.15, 0.2) is 36.7 Å². The maximum Gasteiger partial charge on any atom is 0.0674 e. The van der Waals surface area contributed by atoms with Gasteiger partial charge in [0.15, 0.2) is 0 Å². The van der Waals surface area contributed by atoms with Gasteiger partial charge in [0, 0.05) is 36.3 Å². The van der Waals surface area contributed by atoms with Crippen LogP contribution in [0.3, 0.4) is 0 Å². The van der Waals surface area contributed by atoms with Gasteiger partial charge in [0.2, 0.25) is 0 Å². The van der Waals surface area contributed by atoms with Gasteiger partial charge in [-0.2, -0.15) is 5.10 Å². The first-order chi connectivity index (χ1) is 12.6. The molecule has 2 aromatic rings. The quantitative estimate of drug-likeness (QED) is 0.916. The zero-order valence-electron chi connectivity index (χ0n) is 15.9. The summed E-state index contributed by atoms with van der Waals surface area (Å²) in [5.74, 6) is 0. The number of fused-ring (bicyclic) bond motifs is 1. The third-order valence-electron chi connectivity index (χ3n) is 6.50. The topological polar surface area (TPSA) is 44.5 Å². The summed E-state index contributed by atoms with van der Waals surface area (Å²) in [6, 6.07) is 8.81. The summed E-state index contributed by atoms with van der Waals surface area (Å²) in [5.41, 5.74) is 3.73. The number of likely N-dealkylation sites (N-methyl/N-ethyl adjacent to an activating group) is 1. The molecule has 1 N–H and O–H groups in total. The number of aliphatic hydroxyl groups excluding tert-OH is 1. The van der Waals surface area contributed by atoms with Gasteiger partial charge in [-0.15, -0.1) is 0 Å². The van der Waals surface area contributed by atoms with Crippen molar-refractivity contribution < 1.29 is 5.11 Å². The first kappa shape index (κ1) is 17.7. The molecule has 0 saturated carbocycles. The molecule has 26 heavy (non-hydrogen) atoms. The molecule has 2 aliphatic heterocycles. The van der Waals surface area contributed by atoms with Gasteiger partial charge < -0.3 is 10.0 Å². The molecule has 0 spiro atoms. The normalized spacial score (nSPS) is 27.4. The minimum atomic E-state index is 0.106. The van der Waals surface area contributed by atoms with Crippen molar-refractivity contribution in [2.45, 2.75) is 38.8 Å². The smallest absolute Gasteiger partial charge is 0.0674 e. The Kier molecular flexibility index (Phi) is 4.86. The van der Waals surface area contributed by atoms with E-state index in [-0.39, 0.29) is 5.41 Å². The van der Waals surface area contributed by atoms with Crippen LogP contribution in [-0.4, -0.2) is 64.0 Å². The SMILES string of the molecule is Cc1ccccc1-n1cc(CN2CC[C@@]3(CO)CCCN(C)[C@@H]3C2)cn1. The molecular weight excluding hydrogens is 324 g/mol. The Morgan fingerprint density at radius 2 is 2.08 bits per heavy atom. The van der Waals surface area contributed by atoms with Crippen LogP contribution in [-0.2, 0) is 6.54 Å². The van der Waals surface area contributed by atoms with E-state index in [0.717, 1.165) is 44.7 Å². The summed E-state index contributed by atoms with van der Waals surface area (Å²) < 4.78 is 1.99. The molecule has 0 radical (unpaired) electrons. The van der Waals surface area contributed by atoms with Gasteiger partial charge in [0.1, 0.15) is 0 Å². The molecule has 0 bridgehead atoms. The molecule has 3 heterocycles. The monoisotopic (exact) mass is 354 g/mol. The molecule has 2 fully saturated rings. The van der Waals surface area contributed by atoms with E-state index in [4.69, 9.17) is 0 Å². The first-order valence-electron chi connectivity index (χ1n) is 9.74. The van der Waals surface area contributed by atoms with E-state index < -0.39 is 0 Å². The molecule has 2 saturated heterocycles. The number of piperidine rings is 2. The zero-order chi connectivity index (χ0) is 18.1. The largest absolute Gasteiger partial charge is 0.396 e. The number of para-hydroxylation sites is 1. The molecule has 1 aromatic carbocycles. The summed E-state index contributed by atoms with van der Waals surface area (Å²) >= 11 is 0. The zero-order valence-corrected chi connectivity index (χ0v) is 15.9. The number of nitrogens with zero attached hydrogens (tertiary/aromatic N) is 4. The molecule has 4 rings (SSSR count). The molecule has 1 aromatic heterocycles. The van der Waals surface area contributed by atoms with Crippen LogP contribution in [0.5, 0.6) is 0 Å². The van der Waals surface area contributed by atoms with Gasteiger partial charge in [-0.05, 0) is 58.0 Å². The number of likely N-dealkylation sites (tertiary alicyclic amines) is 2. The van der Waals surface area contributed by atoms with E-state index in [0.29, 0.717) is 12.6 Å². The maximum absolute atomic E-state index is 10.1. The van der Waals surface area contributed by atoms with Crippen LogP contribution in [0.1, 0.15) is 30.4 Å². The fraction of sp³-hybridized carbons (Fsp3) is 0.571. The highest BCUT2D eigenvalue weighted by atomic mass is 16.3. The van der Waals surface area contributed by atoms with Gasteiger partial charge in [-0.3, -0.25) is 4.90 Å².